The molecule has 0 amide bonds. The summed E-state index contributed by atoms with van der Waals surface area (Å²) in [5.41, 5.74) is 1.35. The standard InChI is InChI=1S/C15H24ClNO.ClH/c1-17(2)15(7-5-4-6-12-16)13-8-10-14(18-3)11-9-13;/h8-11,15H,4-7,12H2,1-3H3;1H. The van der Waals surface area contributed by atoms with Gasteiger partial charge in [-0.25, -0.2) is 0 Å². The van der Waals surface area contributed by atoms with Crippen LogP contribution in [0.5, 0.6) is 5.75 Å². The number of hydrogen-bond donors (Lipinski definition) is 0. The fourth-order valence-corrected chi connectivity index (χ4v) is 2.35. The SMILES string of the molecule is COc1ccc(C(CCCCCCl)N(C)C)cc1.Cl. The minimum atomic E-state index is 0. The van der Waals surface area contributed by atoms with Gasteiger partial charge in [0, 0.05) is 11.9 Å². The molecule has 19 heavy (non-hydrogen) atoms. The lowest BCUT2D eigenvalue weighted by Gasteiger charge is -2.25. The molecule has 1 aromatic rings. The molecule has 0 N–H and O–H groups in total. The first-order chi connectivity index (χ1) is 8.69. The maximum atomic E-state index is 5.71. The number of benzene rings is 1. The van der Waals surface area contributed by atoms with Crippen LogP contribution in [0, 0.1) is 0 Å². The van der Waals surface area contributed by atoms with Gasteiger partial charge < -0.3 is 9.64 Å². The lowest BCUT2D eigenvalue weighted by atomic mass is 9.99. The number of methoxy groups -OCH3 is 1. The van der Waals surface area contributed by atoms with E-state index in [0.29, 0.717) is 6.04 Å². The molecule has 1 aromatic carbocycles. The highest BCUT2D eigenvalue weighted by Gasteiger charge is 2.13. The minimum absolute atomic E-state index is 0. The molecule has 0 saturated carbocycles. The van der Waals surface area contributed by atoms with Gasteiger partial charge in [-0.05, 0) is 44.6 Å². The van der Waals surface area contributed by atoms with Crippen molar-refractivity contribution in [3.63, 3.8) is 0 Å². The van der Waals surface area contributed by atoms with Crippen molar-refractivity contribution in [2.75, 3.05) is 27.1 Å². The van der Waals surface area contributed by atoms with Gasteiger partial charge in [0.25, 0.3) is 0 Å². The van der Waals surface area contributed by atoms with Gasteiger partial charge in [-0.2, -0.15) is 0 Å². The van der Waals surface area contributed by atoms with Crippen molar-refractivity contribution in [1.29, 1.82) is 0 Å². The molecule has 1 atom stereocenters. The average molecular weight is 306 g/mol. The second-order valence-corrected chi connectivity index (χ2v) is 5.17. The fraction of sp³-hybridized carbons (Fsp3) is 0.600. The van der Waals surface area contributed by atoms with Gasteiger partial charge in [0.15, 0.2) is 0 Å². The number of alkyl halides is 1. The van der Waals surface area contributed by atoms with Crippen LogP contribution in [0.3, 0.4) is 0 Å². The van der Waals surface area contributed by atoms with Crippen molar-refractivity contribution in [1.82, 2.24) is 4.90 Å². The fourth-order valence-electron chi connectivity index (χ4n) is 2.16. The predicted molar refractivity (Wildman–Crippen MR) is 85.9 cm³/mol. The van der Waals surface area contributed by atoms with Crippen molar-refractivity contribution in [3.8, 4) is 5.75 Å². The molecule has 4 heteroatoms. The Morgan fingerprint density at radius 3 is 2.21 bits per heavy atom. The van der Waals surface area contributed by atoms with E-state index in [1.54, 1.807) is 7.11 Å². The molecule has 1 rings (SSSR count). The highest BCUT2D eigenvalue weighted by Crippen LogP contribution is 2.26. The van der Waals surface area contributed by atoms with E-state index >= 15 is 0 Å². The molecular formula is C15H25Cl2NO. The molecule has 0 bridgehead atoms. The summed E-state index contributed by atoms with van der Waals surface area (Å²) in [6, 6.07) is 8.86. The first kappa shape index (κ1) is 18.6. The van der Waals surface area contributed by atoms with E-state index in [9.17, 15) is 0 Å². The van der Waals surface area contributed by atoms with Gasteiger partial charge in [0.05, 0.1) is 7.11 Å². The maximum Gasteiger partial charge on any atom is 0.118 e. The van der Waals surface area contributed by atoms with Crippen molar-refractivity contribution < 1.29 is 4.74 Å². The van der Waals surface area contributed by atoms with Crippen molar-refractivity contribution >= 4 is 24.0 Å². The minimum Gasteiger partial charge on any atom is -0.497 e. The van der Waals surface area contributed by atoms with Crippen LogP contribution >= 0.6 is 24.0 Å². The highest BCUT2D eigenvalue weighted by atomic mass is 35.5. The third kappa shape index (κ3) is 6.51. The van der Waals surface area contributed by atoms with Crippen LogP contribution in [-0.2, 0) is 0 Å². The van der Waals surface area contributed by atoms with Gasteiger partial charge in [0.1, 0.15) is 5.75 Å². The molecule has 0 fully saturated rings. The Labute approximate surface area is 128 Å². The first-order valence-electron chi connectivity index (χ1n) is 6.55. The van der Waals surface area contributed by atoms with Gasteiger partial charge in [-0.15, -0.1) is 24.0 Å². The number of ether oxygens (including phenoxy) is 1. The van der Waals surface area contributed by atoms with Crippen molar-refractivity contribution in [3.05, 3.63) is 29.8 Å². The van der Waals surface area contributed by atoms with E-state index in [2.05, 4.69) is 31.1 Å². The first-order valence-corrected chi connectivity index (χ1v) is 7.09. The lowest BCUT2D eigenvalue weighted by Crippen LogP contribution is -2.19. The molecular weight excluding hydrogens is 281 g/mol. The molecule has 2 nitrogen and oxygen atoms in total. The van der Waals surface area contributed by atoms with Gasteiger partial charge in [-0.3, -0.25) is 0 Å². The number of hydrogen-bond acceptors (Lipinski definition) is 2. The number of unbranched alkanes of at least 4 members (excludes halogenated alkanes) is 2. The third-order valence-electron chi connectivity index (χ3n) is 3.24. The zero-order valence-electron chi connectivity index (χ0n) is 12.1. The van der Waals surface area contributed by atoms with Crippen LogP contribution in [0.1, 0.15) is 37.3 Å². The number of nitrogens with zero attached hydrogens (tertiary/aromatic N) is 1. The van der Waals surface area contributed by atoms with Crippen LogP contribution < -0.4 is 4.74 Å². The monoisotopic (exact) mass is 305 g/mol. The Hall–Kier alpha value is -0.440. The maximum absolute atomic E-state index is 5.71. The summed E-state index contributed by atoms with van der Waals surface area (Å²) < 4.78 is 5.19. The second-order valence-electron chi connectivity index (χ2n) is 4.79. The van der Waals surface area contributed by atoms with Crippen LogP contribution in [0.25, 0.3) is 0 Å². The zero-order valence-corrected chi connectivity index (χ0v) is 13.6. The molecule has 0 radical (unpaired) electrons. The summed E-state index contributed by atoms with van der Waals surface area (Å²) in [5.74, 6) is 1.69. The molecule has 0 saturated heterocycles. The van der Waals surface area contributed by atoms with E-state index in [1.807, 2.05) is 12.1 Å². The Kier molecular flexibility index (Phi) is 10.1. The summed E-state index contributed by atoms with van der Waals surface area (Å²) in [4.78, 5) is 2.28. The van der Waals surface area contributed by atoms with Crippen LogP contribution in [0.2, 0.25) is 0 Å². The van der Waals surface area contributed by atoms with E-state index in [1.165, 1.54) is 24.8 Å². The molecule has 0 aliphatic heterocycles. The van der Waals surface area contributed by atoms with E-state index in [4.69, 9.17) is 16.3 Å². The quantitative estimate of drug-likeness (QED) is 0.517. The summed E-state index contributed by atoms with van der Waals surface area (Å²) >= 11 is 5.71. The second kappa shape index (κ2) is 10.4. The zero-order chi connectivity index (χ0) is 13.4. The predicted octanol–water partition coefficient (Wildman–Crippen LogP) is 4.52. The Balaban J connectivity index is 0.00000324. The van der Waals surface area contributed by atoms with Gasteiger partial charge >= 0.3 is 0 Å². The molecule has 0 heterocycles. The Bertz CT molecular complexity index is 327. The lowest BCUT2D eigenvalue weighted by molar-refractivity contribution is 0.277. The summed E-state index contributed by atoms with van der Waals surface area (Å²) in [5, 5.41) is 0. The third-order valence-corrected chi connectivity index (χ3v) is 3.50. The van der Waals surface area contributed by atoms with E-state index in [-0.39, 0.29) is 12.4 Å². The van der Waals surface area contributed by atoms with E-state index in [0.717, 1.165) is 18.1 Å². The van der Waals surface area contributed by atoms with Crippen LogP contribution in [0.4, 0.5) is 0 Å². The van der Waals surface area contributed by atoms with Gasteiger partial charge in [-0.1, -0.05) is 25.0 Å². The number of rotatable bonds is 8. The number of halogens is 2. The van der Waals surface area contributed by atoms with Crippen molar-refractivity contribution in [2.24, 2.45) is 0 Å². The Morgan fingerprint density at radius 2 is 1.74 bits per heavy atom. The van der Waals surface area contributed by atoms with Gasteiger partial charge in [0.2, 0.25) is 0 Å². The van der Waals surface area contributed by atoms with Crippen LogP contribution in [0.15, 0.2) is 24.3 Å². The van der Waals surface area contributed by atoms with E-state index < -0.39 is 0 Å². The topological polar surface area (TPSA) is 12.5 Å². The smallest absolute Gasteiger partial charge is 0.118 e. The molecule has 0 aromatic heterocycles. The largest absolute Gasteiger partial charge is 0.497 e. The molecule has 0 aliphatic rings. The summed E-state index contributed by atoms with van der Waals surface area (Å²) in [7, 11) is 5.97. The molecule has 110 valence electrons. The summed E-state index contributed by atoms with van der Waals surface area (Å²) in [6.45, 7) is 0. The highest BCUT2D eigenvalue weighted by molar-refractivity contribution is 6.17. The normalized spacial score (nSPS) is 12.1. The summed E-state index contributed by atoms with van der Waals surface area (Å²) in [6.07, 6.45) is 4.73. The molecule has 0 spiro atoms. The Morgan fingerprint density at radius 1 is 1.11 bits per heavy atom. The molecule has 1 unspecified atom stereocenters. The van der Waals surface area contributed by atoms with Crippen molar-refractivity contribution in [2.45, 2.75) is 31.7 Å². The van der Waals surface area contributed by atoms with Crippen LogP contribution in [-0.4, -0.2) is 32.0 Å². The average Bonchev–Trinajstić information content (AvgIpc) is 2.39. The molecule has 0 aliphatic carbocycles.